The molecule has 0 spiro atoms. The molecule has 5 saturated heterocycles. The maximum atomic E-state index is 5.59. The van der Waals surface area contributed by atoms with Crippen LogP contribution in [0.15, 0.2) is 0 Å². The summed E-state index contributed by atoms with van der Waals surface area (Å²) in [6.45, 7) is 49.9. The predicted molar refractivity (Wildman–Crippen MR) is 314 cm³/mol. The quantitative estimate of drug-likeness (QED) is 0.111. The summed E-state index contributed by atoms with van der Waals surface area (Å²) in [5, 5.41) is 15.3. The standard InChI is InChI=1S/C35H66N8O.C24H45N7/c1-11-41(28-23-32(3,4)39-33(5,6)24-28)17-15-13-12-14-16-18-43(29-25-34(7,8)40-35(9,10)26-29)31-37-27(2)36-30(38-31)42-19-21-44-22-20-42;1-16-25-19(30(10)17-12-21(2,3)28-22(4,5)13-17)27-20(26-16)31(11)18-14-23(6,7)29-24(8,9)15-18/h28-29,39-40H,11-26H2,1-10H3;17-18,28-29H,12-15H2,1-11H3. The van der Waals surface area contributed by atoms with Gasteiger partial charge in [-0.2, -0.15) is 29.9 Å². The molecule has 2 aromatic heterocycles. The average molecular weight is 1050 g/mol. The molecular formula is C59H111N15O. The molecule has 75 heavy (non-hydrogen) atoms. The van der Waals surface area contributed by atoms with Crippen molar-refractivity contribution in [1.29, 1.82) is 0 Å². The van der Waals surface area contributed by atoms with Gasteiger partial charge in [0.25, 0.3) is 0 Å². The third-order valence-corrected chi connectivity index (χ3v) is 16.6. The second-order valence-electron chi connectivity index (χ2n) is 29.2. The second kappa shape index (κ2) is 23.7. The number of nitrogens with zero attached hydrogens (tertiary/aromatic N) is 11. The summed E-state index contributed by atoms with van der Waals surface area (Å²) in [7, 11) is 4.27. The van der Waals surface area contributed by atoms with Gasteiger partial charge in [0.2, 0.25) is 23.8 Å². The smallest absolute Gasteiger partial charge is 0.230 e. The molecule has 5 fully saturated rings. The number of aromatic nitrogens is 6. The van der Waals surface area contributed by atoms with E-state index in [-0.39, 0.29) is 44.3 Å². The summed E-state index contributed by atoms with van der Waals surface area (Å²) in [5.41, 5.74) is 0.829. The van der Waals surface area contributed by atoms with Crippen LogP contribution in [0.4, 0.5) is 23.8 Å². The molecule has 0 bridgehead atoms. The normalized spacial score (nSPS) is 24.3. The highest BCUT2D eigenvalue weighted by Gasteiger charge is 2.44. The molecule has 0 radical (unpaired) electrons. The summed E-state index contributed by atoms with van der Waals surface area (Å²) in [6.07, 6.45) is 15.1. The lowest BCUT2D eigenvalue weighted by Crippen LogP contribution is -2.62. The number of hydrogen-bond donors (Lipinski definition) is 4. The molecule has 7 rings (SSSR count). The van der Waals surface area contributed by atoms with Gasteiger partial charge in [0, 0.05) is 102 Å². The summed E-state index contributed by atoms with van der Waals surface area (Å²) in [6, 6.07) is 1.81. The average Bonchev–Trinajstić information content (AvgIpc) is 3.24. The van der Waals surface area contributed by atoms with Gasteiger partial charge < -0.3 is 50.5 Å². The Morgan fingerprint density at radius 1 is 0.440 bits per heavy atom. The monoisotopic (exact) mass is 1050 g/mol. The molecule has 0 saturated carbocycles. The van der Waals surface area contributed by atoms with Crippen molar-refractivity contribution in [2.75, 3.05) is 79.6 Å². The number of nitrogens with one attached hydrogen (secondary N) is 4. The third-order valence-electron chi connectivity index (χ3n) is 16.6. The van der Waals surface area contributed by atoms with E-state index in [0.29, 0.717) is 24.2 Å². The van der Waals surface area contributed by atoms with Crippen LogP contribution in [-0.2, 0) is 4.74 Å². The topological polar surface area (TPSA) is 151 Å². The first kappa shape index (κ1) is 61.2. The number of ether oxygens (including phenoxy) is 1. The lowest BCUT2D eigenvalue weighted by Gasteiger charge is -2.49. The van der Waals surface area contributed by atoms with Gasteiger partial charge in [0.1, 0.15) is 11.6 Å². The van der Waals surface area contributed by atoms with E-state index in [1.165, 1.54) is 45.1 Å². The highest BCUT2D eigenvalue weighted by atomic mass is 16.5. The molecule has 0 amide bonds. The van der Waals surface area contributed by atoms with Crippen molar-refractivity contribution in [3.63, 3.8) is 0 Å². The number of anilines is 4. The van der Waals surface area contributed by atoms with E-state index in [1.54, 1.807) is 0 Å². The predicted octanol–water partition coefficient (Wildman–Crippen LogP) is 9.38. The zero-order valence-corrected chi connectivity index (χ0v) is 51.8. The Morgan fingerprint density at radius 2 is 0.787 bits per heavy atom. The first-order chi connectivity index (χ1) is 34.5. The van der Waals surface area contributed by atoms with Gasteiger partial charge in [-0.1, -0.05) is 26.2 Å². The minimum atomic E-state index is 0.0593. The fourth-order valence-electron chi connectivity index (χ4n) is 14.9. The fourth-order valence-corrected chi connectivity index (χ4v) is 14.9. The summed E-state index contributed by atoms with van der Waals surface area (Å²) in [4.78, 5) is 41.3. The van der Waals surface area contributed by atoms with Gasteiger partial charge in [0.05, 0.1) is 13.2 Å². The van der Waals surface area contributed by atoms with E-state index in [0.717, 1.165) is 120 Å². The Hall–Kier alpha value is -3.02. The van der Waals surface area contributed by atoms with Gasteiger partial charge in [-0.15, -0.1) is 0 Å². The third kappa shape index (κ3) is 18.0. The molecule has 0 atom stereocenters. The molecule has 16 heteroatoms. The first-order valence-electron chi connectivity index (χ1n) is 29.5. The van der Waals surface area contributed by atoms with Crippen molar-refractivity contribution in [2.45, 2.75) is 284 Å². The van der Waals surface area contributed by atoms with Crippen molar-refractivity contribution < 1.29 is 4.74 Å². The molecule has 0 aromatic carbocycles. The molecule has 0 unspecified atom stereocenters. The molecule has 16 nitrogen and oxygen atoms in total. The summed E-state index contributed by atoms with van der Waals surface area (Å²) < 4.78 is 5.59. The van der Waals surface area contributed by atoms with Crippen LogP contribution in [0.3, 0.4) is 0 Å². The summed E-state index contributed by atoms with van der Waals surface area (Å²) >= 11 is 0. The minimum Gasteiger partial charge on any atom is -0.378 e. The van der Waals surface area contributed by atoms with Crippen LogP contribution < -0.4 is 40.9 Å². The molecule has 4 N–H and O–H groups in total. The Bertz CT molecular complexity index is 2020. The van der Waals surface area contributed by atoms with E-state index < -0.39 is 0 Å². The maximum Gasteiger partial charge on any atom is 0.230 e. The van der Waals surface area contributed by atoms with Crippen molar-refractivity contribution in [3.8, 4) is 0 Å². The van der Waals surface area contributed by atoms with E-state index in [1.807, 2.05) is 13.8 Å². The number of rotatable bonds is 17. The van der Waals surface area contributed by atoms with Gasteiger partial charge in [-0.05, 0) is 202 Å². The van der Waals surface area contributed by atoms with Crippen LogP contribution in [0.2, 0.25) is 0 Å². The Kier molecular flexibility index (Phi) is 19.4. The SMILES string of the molecule is CCN(CCCCCCCN(c1nc(C)nc(N2CCOCC2)n1)C1CC(C)(C)NC(C)(C)C1)C1CC(C)(C)NC(C)(C)C1.Cc1nc(N(C)C2CC(C)(C)NC(C)(C)C2)nc(N(C)C2CC(C)(C)NC(C)(C)C2)n1. The molecule has 5 aliphatic heterocycles. The lowest BCUT2D eigenvalue weighted by atomic mass is 9.79. The summed E-state index contributed by atoms with van der Waals surface area (Å²) in [5.74, 6) is 4.78. The molecule has 0 aliphatic carbocycles. The van der Waals surface area contributed by atoms with Gasteiger partial charge >= 0.3 is 0 Å². The highest BCUT2D eigenvalue weighted by molar-refractivity contribution is 5.42. The van der Waals surface area contributed by atoms with Crippen LogP contribution in [0.5, 0.6) is 0 Å². The molecule has 7 heterocycles. The number of unbranched alkanes of at least 4 members (excludes halogenated alkanes) is 4. The number of piperidine rings is 4. The van der Waals surface area contributed by atoms with Crippen LogP contribution >= 0.6 is 0 Å². The zero-order chi connectivity index (χ0) is 55.6. The van der Waals surface area contributed by atoms with Crippen LogP contribution in [0.1, 0.15) is 213 Å². The van der Waals surface area contributed by atoms with E-state index in [9.17, 15) is 0 Å². The fraction of sp³-hybridized carbons (Fsp3) is 0.898. The van der Waals surface area contributed by atoms with Crippen LogP contribution in [-0.4, -0.2) is 163 Å². The van der Waals surface area contributed by atoms with Gasteiger partial charge in [-0.25, -0.2) is 0 Å². The largest absolute Gasteiger partial charge is 0.378 e. The van der Waals surface area contributed by atoms with Crippen molar-refractivity contribution >= 4 is 23.8 Å². The van der Waals surface area contributed by atoms with Crippen molar-refractivity contribution in [2.24, 2.45) is 0 Å². The Morgan fingerprint density at radius 3 is 1.20 bits per heavy atom. The number of aryl methyl sites for hydroxylation is 2. The van der Waals surface area contributed by atoms with E-state index >= 15 is 0 Å². The molecule has 5 aliphatic rings. The lowest BCUT2D eigenvalue weighted by molar-refractivity contribution is 0.0681. The molecular weight excluding hydrogens is 935 g/mol. The van der Waals surface area contributed by atoms with Gasteiger partial charge in [0.15, 0.2) is 0 Å². The van der Waals surface area contributed by atoms with Crippen LogP contribution in [0, 0.1) is 13.8 Å². The Labute approximate surface area is 457 Å². The maximum absolute atomic E-state index is 5.59. The molecule has 428 valence electrons. The number of hydrogen-bond acceptors (Lipinski definition) is 16. The van der Waals surface area contributed by atoms with Crippen molar-refractivity contribution in [1.82, 2.24) is 56.1 Å². The van der Waals surface area contributed by atoms with Crippen molar-refractivity contribution in [3.05, 3.63) is 11.6 Å². The van der Waals surface area contributed by atoms with E-state index in [4.69, 9.17) is 34.6 Å². The van der Waals surface area contributed by atoms with Gasteiger partial charge in [-0.3, -0.25) is 0 Å². The Balaban J connectivity index is 0.000000259. The highest BCUT2D eigenvalue weighted by Crippen LogP contribution is 2.37. The molecule has 2 aromatic rings. The first-order valence-corrected chi connectivity index (χ1v) is 29.5. The van der Waals surface area contributed by atoms with Crippen LogP contribution in [0.25, 0.3) is 0 Å². The zero-order valence-electron chi connectivity index (χ0n) is 51.8. The number of morpholine rings is 1. The second-order valence-corrected chi connectivity index (χ2v) is 29.2. The van der Waals surface area contributed by atoms with E-state index in [2.05, 4.69) is 178 Å². The minimum absolute atomic E-state index is 0.0593.